The Morgan fingerprint density at radius 3 is 2.54 bits per heavy atom. The highest BCUT2D eigenvalue weighted by molar-refractivity contribution is 6.31. The molecule has 13 heavy (non-hydrogen) atoms. The second-order valence-corrected chi connectivity index (χ2v) is 3.43. The van der Waals surface area contributed by atoms with Gasteiger partial charge in [0.15, 0.2) is 5.78 Å². The van der Waals surface area contributed by atoms with Crippen molar-refractivity contribution in [3.05, 3.63) is 35.9 Å². The van der Waals surface area contributed by atoms with Gasteiger partial charge in [-0.25, -0.2) is 0 Å². The van der Waals surface area contributed by atoms with Crippen molar-refractivity contribution in [1.29, 1.82) is 0 Å². The standard InChI is InChI=1S/C11H13ClO/c1-2-6-10(13)11(12)9-7-4-3-5-8-9/h3-5,7-8,11H,2,6H2,1H3. The van der Waals surface area contributed by atoms with Gasteiger partial charge >= 0.3 is 0 Å². The number of rotatable bonds is 4. The first-order chi connectivity index (χ1) is 6.25. The molecule has 0 saturated heterocycles. The fourth-order valence-electron chi connectivity index (χ4n) is 1.18. The van der Waals surface area contributed by atoms with Crippen LogP contribution < -0.4 is 0 Å². The summed E-state index contributed by atoms with van der Waals surface area (Å²) in [5.74, 6) is 0.107. The SMILES string of the molecule is CCCC(=O)C(Cl)c1ccccc1. The number of halogens is 1. The maximum Gasteiger partial charge on any atom is 0.155 e. The number of hydrogen-bond acceptors (Lipinski definition) is 1. The molecule has 1 aromatic rings. The topological polar surface area (TPSA) is 17.1 Å². The normalized spacial score (nSPS) is 12.5. The molecule has 1 aromatic carbocycles. The molecule has 0 aliphatic rings. The van der Waals surface area contributed by atoms with E-state index in [1.54, 1.807) is 0 Å². The fraction of sp³-hybridized carbons (Fsp3) is 0.364. The van der Waals surface area contributed by atoms with Crippen LogP contribution in [0.25, 0.3) is 0 Å². The van der Waals surface area contributed by atoms with Gasteiger partial charge in [0.1, 0.15) is 5.38 Å². The fourth-order valence-corrected chi connectivity index (χ4v) is 1.44. The first-order valence-electron chi connectivity index (χ1n) is 4.47. The molecule has 0 heterocycles. The van der Waals surface area contributed by atoms with Gasteiger partial charge in [-0.15, -0.1) is 11.6 Å². The summed E-state index contributed by atoms with van der Waals surface area (Å²) in [5, 5.41) is -0.471. The number of carbonyl (C=O) groups excluding carboxylic acids is 1. The van der Waals surface area contributed by atoms with Crippen LogP contribution in [0.3, 0.4) is 0 Å². The minimum Gasteiger partial charge on any atom is -0.298 e. The Balaban J connectivity index is 2.68. The third-order valence-corrected chi connectivity index (χ3v) is 2.37. The van der Waals surface area contributed by atoms with Gasteiger partial charge in [-0.3, -0.25) is 4.79 Å². The summed E-state index contributed by atoms with van der Waals surface area (Å²) in [7, 11) is 0. The van der Waals surface area contributed by atoms with Crippen molar-refractivity contribution in [2.45, 2.75) is 25.1 Å². The Bertz CT molecular complexity index is 269. The van der Waals surface area contributed by atoms with Crippen molar-refractivity contribution in [1.82, 2.24) is 0 Å². The van der Waals surface area contributed by atoms with E-state index < -0.39 is 5.38 Å². The van der Waals surface area contributed by atoms with Crippen LogP contribution in [-0.4, -0.2) is 5.78 Å². The zero-order valence-electron chi connectivity index (χ0n) is 7.66. The van der Waals surface area contributed by atoms with Crippen LogP contribution in [0.1, 0.15) is 30.7 Å². The van der Waals surface area contributed by atoms with E-state index in [1.165, 1.54) is 0 Å². The summed E-state index contributed by atoms with van der Waals surface area (Å²) in [5.41, 5.74) is 0.891. The first-order valence-corrected chi connectivity index (χ1v) is 4.91. The smallest absolute Gasteiger partial charge is 0.155 e. The van der Waals surface area contributed by atoms with Gasteiger partial charge in [-0.1, -0.05) is 37.3 Å². The molecular formula is C11H13ClO. The van der Waals surface area contributed by atoms with Crippen LogP contribution in [0.2, 0.25) is 0 Å². The quantitative estimate of drug-likeness (QED) is 0.676. The lowest BCUT2D eigenvalue weighted by Gasteiger charge is -2.07. The second-order valence-electron chi connectivity index (χ2n) is 2.99. The molecule has 0 saturated carbocycles. The molecule has 1 rings (SSSR count). The van der Waals surface area contributed by atoms with Gasteiger partial charge in [0.25, 0.3) is 0 Å². The number of carbonyl (C=O) groups is 1. The average molecular weight is 197 g/mol. The first kappa shape index (κ1) is 10.3. The predicted octanol–water partition coefficient (Wildman–Crippen LogP) is 3.34. The lowest BCUT2D eigenvalue weighted by Crippen LogP contribution is -2.05. The molecule has 0 N–H and O–H groups in total. The molecule has 1 unspecified atom stereocenters. The van der Waals surface area contributed by atoms with E-state index in [4.69, 9.17) is 11.6 Å². The number of benzene rings is 1. The minimum atomic E-state index is -0.471. The van der Waals surface area contributed by atoms with Gasteiger partial charge in [0.2, 0.25) is 0 Å². The molecular weight excluding hydrogens is 184 g/mol. The van der Waals surface area contributed by atoms with E-state index in [9.17, 15) is 4.79 Å². The van der Waals surface area contributed by atoms with Crippen LogP contribution in [0.4, 0.5) is 0 Å². The largest absolute Gasteiger partial charge is 0.298 e. The lowest BCUT2D eigenvalue weighted by atomic mass is 10.1. The summed E-state index contributed by atoms with van der Waals surface area (Å²) < 4.78 is 0. The van der Waals surface area contributed by atoms with Crippen LogP contribution >= 0.6 is 11.6 Å². The van der Waals surface area contributed by atoms with E-state index in [-0.39, 0.29) is 5.78 Å². The maximum atomic E-state index is 11.4. The summed E-state index contributed by atoms with van der Waals surface area (Å²) in [6.45, 7) is 1.98. The summed E-state index contributed by atoms with van der Waals surface area (Å²) >= 11 is 5.99. The van der Waals surface area contributed by atoms with Crippen LogP contribution in [0.5, 0.6) is 0 Å². The molecule has 0 spiro atoms. The Kier molecular flexibility index (Phi) is 3.97. The van der Waals surface area contributed by atoms with Crippen LogP contribution in [-0.2, 0) is 4.79 Å². The highest BCUT2D eigenvalue weighted by Crippen LogP contribution is 2.22. The minimum absolute atomic E-state index is 0.107. The number of ketones is 1. The molecule has 0 aliphatic heterocycles. The van der Waals surface area contributed by atoms with E-state index in [2.05, 4.69) is 0 Å². The Labute approximate surface area is 83.7 Å². The zero-order valence-corrected chi connectivity index (χ0v) is 8.42. The average Bonchev–Trinajstić information content (AvgIpc) is 2.18. The van der Waals surface area contributed by atoms with Crippen molar-refractivity contribution in [2.75, 3.05) is 0 Å². The van der Waals surface area contributed by atoms with Gasteiger partial charge < -0.3 is 0 Å². The van der Waals surface area contributed by atoms with Gasteiger partial charge in [0.05, 0.1) is 0 Å². The van der Waals surface area contributed by atoms with Gasteiger partial charge in [-0.05, 0) is 12.0 Å². The van der Waals surface area contributed by atoms with Crippen molar-refractivity contribution in [3.63, 3.8) is 0 Å². The van der Waals surface area contributed by atoms with Crippen molar-refractivity contribution in [2.24, 2.45) is 0 Å². The summed E-state index contributed by atoms with van der Waals surface area (Å²) in [4.78, 5) is 11.4. The van der Waals surface area contributed by atoms with Crippen molar-refractivity contribution >= 4 is 17.4 Å². The summed E-state index contributed by atoms with van der Waals surface area (Å²) in [6.07, 6.45) is 1.41. The zero-order chi connectivity index (χ0) is 9.68. The van der Waals surface area contributed by atoms with E-state index in [0.29, 0.717) is 6.42 Å². The molecule has 0 aromatic heterocycles. The highest BCUT2D eigenvalue weighted by atomic mass is 35.5. The Morgan fingerprint density at radius 2 is 2.00 bits per heavy atom. The van der Waals surface area contributed by atoms with E-state index in [0.717, 1.165) is 12.0 Å². The van der Waals surface area contributed by atoms with Gasteiger partial charge in [-0.2, -0.15) is 0 Å². The molecule has 0 fully saturated rings. The molecule has 0 radical (unpaired) electrons. The van der Waals surface area contributed by atoms with Crippen molar-refractivity contribution < 1.29 is 4.79 Å². The molecule has 0 aliphatic carbocycles. The maximum absolute atomic E-state index is 11.4. The monoisotopic (exact) mass is 196 g/mol. The predicted molar refractivity (Wildman–Crippen MR) is 55.0 cm³/mol. The third-order valence-electron chi connectivity index (χ3n) is 1.87. The number of hydrogen-bond donors (Lipinski definition) is 0. The highest BCUT2D eigenvalue weighted by Gasteiger charge is 2.15. The number of Topliss-reactive ketones (excluding diaryl/α,β-unsaturated/α-hetero) is 1. The van der Waals surface area contributed by atoms with E-state index >= 15 is 0 Å². The molecule has 1 nitrogen and oxygen atoms in total. The van der Waals surface area contributed by atoms with Crippen LogP contribution in [0.15, 0.2) is 30.3 Å². The van der Waals surface area contributed by atoms with Gasteiger partial charge in [0, 0.05) is 6.42 Å². The third kappa shape index (κ3) is 2.85. The van der Waals surface area contributed by atoms with Crippen molar-refractivity contribution in [3.8, 4) is 0 Å². The molecule has 0 bridgehead atoms. The Hall–Kier alpha value is -0.820. The Morgan fingerprint density at radius 1 is 1.38 bits per heavy atom. The van der Waals surface area contributed by atoms with E-state index in [1.807, 2.05) is 37.3 Å². The lowest BCUT2D eigenvalue weighted by molar-refractivity contribution is -0.118. The molecule has 70 valence electrons. The summed E-state index contributed by atoms with van der Waals surface area (Å²) in [6, 6.07) is 9.46. The second kappa shape index (κ2) is 5.03. The molecule has 0 amide bonds. The van der Waals surface area contributed by atoms with Crippen LogP contribution in [0, 0.1) is 0 Å². The number of alkyl halides is 1. The molecule has 1 atom stereocenters. The molecule has 2 heteroatoms.